The monoisotopic (exact) mass is 1360 g/mol. The van der Waals surface area contributed by atoms with Crippen LogP contribution in [0.4, 0.5) is 0 Å². The standard InChI is InChI=1S/C63H36Br6O6/c64-52-46-35-17-23(58(52)70)14-25-19-37-43-32-11-5-6-12-33(32)45(49(37)55(67)61(25)73)39-21-27(63(75)57(69)51(39)43)15-26-20-38-44-31-10-4-3-9-30(31)42(50(38)56(68)62(26)74)36-18-24(60(72)54(66)48(36)44)13-22-16-34-40(46)28-7-1-2-8-29(28)41(35)47(34)53(65)59(22)71/h1-12,16-21,40-45,70-75H,13-15H2/t40-,41?,42?,43-,44-,45?/m0/s1. The lowest BCUT2D eigenvalue weighted by atomic mass is 9.60. The van der Waals surface area contributed by atoms with Crippen LogP contribution in [0.25, 0.3) is 0 Å². The molecule has 6 atom stereocenters. The second-order valence-corrected chi connectivity index (χ2v) is 26.0. The lowest BCUT2D eigenvalue weighted by Crippen LogP contribution is -2.29. The molecular weight excluding hydrogens is 1330 g/mol. The lowest BCUT2D eigenvalue weighted by molar-refractivity contribution is 0.454. The summed E-state index contributed by atoms with van der Waals surface area (Å²) in [6.07, 6.45) is 0.614. The van der Waals surface area contributed by atoms with Gasteiger partial charge in [-0.2, -0.15) is 0 Å². The summed E-state index contributed by atoms with van der Waals surface area (Å²) in [4.78, 5) is 0. The van der Waals surface area contributed by atoms with Gasteiger partial charge in [0.05, 0.1) is 26.8 Å². The summed E-state index contributed by atoms with van der Waals surface area (Å²) >= 11 is 23.7. The minimum absolute atomic E-state index is 0.0932. The lowest BCUT2D eigenvalue weighted by Gasteiger charge is -2.44. The normalized spacial score (nSPS) is 20.6. The molecule has 6 N–H and O–H groups in total. The predicted molar refractivity (Wildman–Crippen MR) is 308 cm³/mol. The molecule has 0 amide bonds. The van der Waals surface area contributed by atoms with E-state index in [-0.39, 0.29) is 89.3 Å². The molecule has 6 nitrogen and oxygen atoms in total. The van der Waals surface area contributed by atoms with Crippen LogP contribution in [-0.2, 0) is 19.3 Å². The van der Waals surface area contributed by atoms with Crippen LogP contribution in [0.2, 0.25) is 0 Å². The quantitative estimate of drug-likeness (QED) is 0.0900. The zero-order valence-corrected chi connectivity index (χ0v) is 48.4. The molecule has 41 rings (SSSR count). The van der Waals surface area contributed by atoms with E-state index in [1.54, 1.807) is 0 Å². The van der Waals surface area contributed by atoms with Gasteiger partial charge in [0, 0.05) is 54.8 Å². The molecule has 32 aliphatic carbocycles. The first-order valence-corrected chi connectivity index (χ1v) is 29.5. The number of halogens is 6. The van der Waals surface area contributed by atoms with Gasteiger partial charge in [-0.1, -0.05) is 109 Å². The van der Waals surface area contributed by atoms with Crippen molar-refractivity contribution in [3.63, 3.8) is 0 Å². The van der Waals surface area contributed by atoms with E-state index in [2.05, 4.69) is 168 Å². The maximum atomic E-state index is 12.4. The van der Waals surface area contributed by atoms with Crippen LogP contribution < -0.4 is 0 Å². The smallest absolute Gasteiger partial charge is 0.133 e. The number of phenolic OH excluding ortho intramolecular Hbond substituents is 6. The highest BCUT2D eigenvalue weighted by Crippen LogP contribution is 2.66. The summed E-state index contributed by atoms with van der Waals surface area (Å²) in [6, 6.07) is 37.7. The Kier molecular flexibility index (Phi) is 9.57. The van der Waals surface area contributed by atoms with Crippen LogP contribution in [0.1, 0.15) is 169 Å². The molecule has 0 aliphatic heterocycles. The summed E-state index contributed by atoms with van der Waals surface area (Å²) in [5.41, 5.74) is 22.2. The van der Waals surface area contributed by atoms with Crippen LogP contribution >= 0.6 is 95.6 Å². The number of aromatic hydroxyl groups is 6. The maximum absolute atomic E-state index is 12.4. The number of benzene rings is 9. The zero-order chi connectivity index (χ0) is 51.1. The second-order valence-electron chi connectivity index (χ2n) is 21.2. The Morgan fingerprint density at radius 1 is 0.240 bits per heavy atom. The largest absolute Gasteiger partial charge is 0.506 e. The minimum Gasteiger partial charge on any atom is -0.506 e. The first-order chi connectivity index (χ1) is 36.2. The van der Waals surface area contributed by atoms with E-state index >= 15 is 0 Å². The highest BCUT2D eigenvalue weighted by atomic mass is 79.9. The summed E-state index contributed by atoms with van der Waals surface area (Å²) in [6.45, 7) is 0. The summed E-state index contributed by atoms with van der Waals surface area (Å²) in [5, 5.41) is 74.6. The Hall–Kier alpha value is -5.34. The van der Waals surface area contributed by atoms with Crippen molar-refractivity contribution in [1.82, 2.24) is 0 Å². The van der Waals surface area contributed by atoms with Gasteiger partial charge < -0.3 is 30.6 Å². The predicted octanol–water partition coefficient (Wildman–Crippen LogP) is 16.5. The van der Waals surface area contributed by atoms with Crippen molar-refractivity contribution in [2.45, 2.75) is 54.8 Å². The van der Waals surface area contributed by atoms with Gasteiger partial charge in [0.15, 0.2) is 0 Å². The average Bonchev–Trinajstić information content (AvgIpc) is 3.51. The molecule has 12 heteroatoms. The molecule has 0 aromatic heterocycles. The Bertz CT molecular complexity index is 3560. The Balaban J connectivity index is 0.987. The van der Waals surface area contributed by atoms with Crippen molar-refractivity contribution in [2.24, 2.45) is 0 Å². The molecule has 0 saturated carbocycles. The fraction of sp³-hybridized carbons (Fsp3) is 0.143. The number of hydrogen-bond acceptors (Lipinski definition) is 6. The molecule has 32 aliphatic rings. The molecular formula is C63H36Br6O6. The molecule has 0 radical (unpaired) electrons. The maximum Gasteiger partial charge on any atom is 0.133 e. The molecule has 0 saturated heterocycles. The molecule has 0 spiro atoms. The van der Waals surface area contributed by atoms with E-state index in [9.17, 15) is 30.6 Å². The van der Waals surface area contributed by atoms with E-state index in [1.165, 1.54) is 0 Å². The molecule has 24 bridgehead atoms. The second kappa shape index (κ2) is 15.7. The van der Waals surface area contributed by atoms with E-state index in [0.29, 0.717) is 60.2 Å². The zero-order valence-electron chi connectivity index (χ0n) is 38.9. The number of hydrogen-bond donors (Lipinski definition) is 6. The third-order valence-corrected chi connectivity index (χ3v) is 22.7. The number of rotatable bonds is 0. The van der Waals surface area contributed by atoms with Gasteiger partial charge in [0.25, 0.3) is 0 Å². The third-order valence-electron chi connectivity index (χ3n) is 17.9. The molecule has 0 fully saturated rings. The highest BCUT2D eigenvalue weighted by molar-refractivity contribution is 9.11. The van der Waals surface area contributed by atoms with Crippen molar-refractivity contribution in [3.05, 3.63) is 270 Å². The SMILES string of the molecule is Oc1c2cc3c(c1Br)C1c4ccccc4[C@@H]3c3c1cc(c(O)c3Br)Cc1cc3c(c(Br)c1O)C1c4ccccc4[C@@H]3c3c1cc(c(O)c3Br)Cc1cc3c(c(Br)c1O)C1c4ccccc4[C@@H]3c3c1cc(c(O)c3Br)C2. The molecule has 3 unspecified atom stereocenters. The van der Waals surface area contributed by atoms with Gasteiger partial charge in [0.1, 0.15) is 34.5 Å². The fourth-order valence-corrected chi connectivity index (χ4v) is 19.2. The summed E-state index contributed by atoms with van der Waals surface area (Å²) in [7, 11) is 0. The Morgan fingerprint density at radius 3 is 0.533 bits per heavy atom. The van der Waals surface area contributed by atoms with E-state index in [1.807, 2.05) is 36.4 Å². The van der Waals surface area contributed by atoms with Gasteiger partial charge in [-0.05, 0) is 229 Å². The van der Waals surface area contributed by atoms with Gasteiger partial charge >= 0.3 is 0 Å². The van der Waals surface area contributed by atoms with Crippen LogP contribution in [0.3, 0.4) is 0 Å². The summed E-state index contributed by atoms with van der Waals surface area (Å²) < 4.78 is 3.49. The van der Waals surface area contributed by atoms with Gasteiger partial charge in [-0.15, -0.1) is 0 Å². The Morgan fingerprint density at radius 2 is 0.387 bits per heavy atom. The van der Waals surface area contributed by atoms with E-state index in [4.69, 9.17) is 0 Å². The van der Waals surface area contributed by atoms with Crippen molar-refractivity contribution in [1.29, 1.82) is 0 Å². The van der Waals surface area contributed by atoms with Crippen molar-refractivity contribution < 1.29 is 30.6 Å². The van der Waals surface area contributed by atoms with Crippen LogP contribution in [0.5, 0.6) is 34.5 Å². The first-order valence-electron chi connectivity index (χ1n) is 24.7. The van der Waals surface area contributed by atoms with Crippen LogP contribution in [0.15, 0.2) is 136 Å². The van der Waals surface area contributed by atoms with Crippen molar-refractivity contribution in [3.8, 4) is 34.5 Å². The van der Waals surface area contributed by atoms with Gasteiger partial charge in [0.2, 0.25) is 0 Å². The third kappa shape index (κ3) is 5.69. The highest BCUT2D eigenvalue weighted by Gasteiger charge is 2.49. The molecule has 9 aromatic rings. The van der Waals surface area contributed by atoms with Crippen LogP contribution in [0, 0.1) is 0 Å². The Labute approximate surface area is 480 Å². The van der Waals surface area contributed by atoms with Gasteiger partial charge in [-0.3, -0.25) is 0 Å². The molecule has 9 aromatic carbocycles. The first kappa shape index (κ1) is 45.8. The average molecular weight is 1370 g/mol. The summed E-state index contributed by atoms with van der Waals surface area (Å²) in [5.74, 6) is -1.34. The topological polar surface area (TPSA) is 121 Å². The van der Waals surface area contributed by atoms with Crippen molar-refractivity contribution >= 4 is 95.6 Å². The van der Waals surface area contributed by atoms with Gasteiger partial charge in [-0.25, -0.2) is 0 Å². The minimum atomic E-state index is -0.316. The van der Waals surface area contributed by atoms with E-state index < -0.39 is 0 Å². The molecule has 75 heavy (non-hydrogen) atoms. The fourth-order valence-electron chi connectivity index (χ4n) is 15.0. The molecule has 366 valence electrons. The molecule has 0 heterocycles. The number of phenols is 6. The van der Waals surface area contributed by atoms with E-state index in [0.717, 1.165) is 100 Å². The van der Waals surface area contributed by atoms with Crippen molar-refractivity contribution in [2.75, 3.05) is 0 Å². The van der Waals surface area contributed by atoms with Crippen LogP contribution in [-0.4, -0.2) is 30.6 Å².